The number of benzene rings is 3. The van der Waals surface area contributed by atoms with Crippen molar-refractivity contribution >= 4 is 40.2 Å². The summed E-state index contributed by atoms with van der Waals surface area (Å²) in [7, 11) is 0. The second kappa shape index (κ2) is 18.6. The van der Waals surface area contributed by atoms with Crippen molar-refractivity contribution in [2.24, 2.45) is 11.3 Å². The van der Waals surface area contributed by atoms with Gasteiger partial charge in [-0.05, 0) is 58.4 Å². The molecule has 50 heavy (non-hydrogen) atoms. The summed E-state index contributed by atoms with van der Waals surface area (Å²) in [4.78, 5) is 0. The fourth-order valence-corrected chi connectivity index (χ4v) is 8.20. The topological polar surface area (TPSA) is 0 Å². The van der Waals surface area contributed by atoms with Crippen LogP contribution in [0, 0.1) is 36.5 Å². The molecule has 3 aromatic rings. The average molecular weight is 785 g/mol. The summed E-state index contributed by atoms with van der Waals surface area (Å²) in [6.07, 6.45) is 22.2. The monoisotopic (exact) mass is 782 g/mol. The van der Waals surface area contributed by atoms with Gasteiger partial charge in [0.2, 0.25) is 0 Å². The van der Waals surface area contributed by atoms with Gasteiger partial charge in [0.05, 0.1) is 0 Å². The zero-order chi connectivity index (χ0) is 35.3. The molecular formula is C47H58Cl2Zr-4. The molecule has 3 aromatic carbocycles. The Morgan fingerprint density at radius 3 is 1.82 bits per heavy atom. The van der Waals surface area contributed by atoms with Crippen molar-refractivity contribution in [3.05, 3.63) is 137 Å². The van der Waals surface area contributed by atoms with Crippen LogP contribution in [-0.4, -0.2) is 4.21 Å². The van der Waals surface area contributed by atoms with E-state index in [0.29, 0.717) is 11.3 Å². The Morgan fingerprint density at radius 1 is 0.760 bits per heavy atom. The average Bonchev–Trinajstić information content (AvgIpc) is 3.80. The SMILES string of the molecule is CC1=[C-]C(C)(C)c2cc3c(cc21)-c1cc2c(cc1C3)C(C)(C)C=C2C.CC1[C-]=CC(C2(C)CCCCC2)=C1.Cl.Cl.[CH2-]C.[CH2]=[Zr].[c-]1ccccc1. The minimum Gasteiger partial charge on any atom is -0.184 e. The first-order chi connectivity index (χ1) is 22.9. The quantitative estimate of drug-likeness (QED) is 0.169. The Bertz CT molecular complexity index is 1600. The van der Waals surface area contributed by atoms with E-state index in [1.54, 1.807) is 12.5 Å². The van der Waals surface area contributed by atoms with Gasteiger partial charge >= 0.3 is 28.4 Å². The van der Waals surface area contributed by atoms with Crippen molar-refractivity contribution in [1.82, 2.24) is 0 Å². The van der Waals surface area contributed by atoms with E-state index in [0.717, 1.165) is 6.42 Å². The standard InChI is InChI=1S/C25H25.C13H19.C6H5.C2H5.CH2.2ClH.Zr/c1-14-12-24(3,4)22-8-16-7-17-9-23-19(15(2)13-25(23,5)6)11-21(17)20(16)10-18(14)22;1-11-6-7-12(10-11)13(2)8-4-3-5-9-13;1-2-4-6-5-3-1;1-2;;;;/h8-12H,7H2,1-6H3;7,10-11H,3-5,8-9H2,1-2H3;1-5H;1H2,2H3;1H2;2*1H;/q4*-1;;;;. The molecule has 1 fully saturated rings. The van der Waals surface area contributed by atoms with E-state index in [-0.39, 0.29) is 35.6 Å². The van der Waals surface area contributed by atoms with Crippen LogP contribution >= 0.6 is 24.8 Å². The van der Waals surface area contributed by atoms with Crippen molar-refractivity contribution in [3.63, 3.8) is 0 Å². The molecule has 0 heterocycles. The molecule has 0 saturated heterocycles. The number of allylic oxidation sites excluding steroid dienone is 8. The second-order valence-corrected chi connectivity index (χ2v) is 15.1. The Kier molecular flexibility index (Phi) is 16.4. The first-order valence-electron chi connectivity index (χ1n) is 17.8. The molecule has 3 heteroatoms. The van der Waals surface area contributed by atoms with Crippen LogP contribution in [0.15, 0.2) is 78.4 Å². The minimum atomic E-state index is 0. The summed E-state index contributed by atoms with van der Waals surface area (Å²) < 4.78 is 3.34. The van der Waals surface area contributed by atoms with Crippen molar-refractivity contribution in [2.45, 2.75) is 112 Å². The van der Waals surface area contributed by atoms with Crippen molar-refractivity contribution < 1.29 is 24.2 Å². The summed E-state index contributed by atoms with van der Waals surface area (Å²) in [6.45, 7) is 23.3. The summed E-state index contributed by atoms with van der Waals surface area (Å²) in [5, 5.41) is 0. The molecule has 0 amide bonds. The Balaban J connectivity index is 0.000000292. The van der Waals surface area contributed by atoms with Gasteiger partial charge in [-0.15, -0.1) is 36.4 Å². The normalized spacial score (nSPS) is 19.7. The van der Waals surface area contributed by atoms with Crippen LogP contribution < -0.4 is 0 Å². The number of halogens is 2. The van der Waals surface area contributed by atoms with Crippen LogP contribution in [0.5, 0.6) is 0 Å². The molecule has 0 radical (unpaired) electrons. The first kappa shape index (κ1) is 44.1. The van der Waals surface area contributed by atoms with Gasteiger partial charge in [-0.1, -0.05) is 116 Å². The maximum atomic E-state index is 3.65. The van der Waals surface area contributed by atoms with E-state index in [9.17, 15) is 0 Å². The van der Waals surface area contributed by atoms with Gasteiger partial charge in [-0.25, -0.2) is 11.6 Å². The van der Waals surface area contributed by atoms with Gasteiger partial charge in [0, 0.05) is 5.41 Å². The third kappa shape index (κ3) is 9.48. The predicted molar refractivity (Wildman–Crippen MR) is 221 cm³/mol. The smallest absolute Gasteiger partial charge is 0.171 e. The second-order valence-electron chi connectivity index (χ2n) is 15.1. The molecule has 0 spiro atoms. The molecule has 1 unspecified atom stereocenters. The van der Waals surface area contributed by atoms with Crippen LogP contribution in [0.1, 0.15) is 128 Å². The van der Waals surface area contributed by atoms with E-state index < -0.39 is 0 Å². The summed E-state index contributed by atoms with van der Waals surface area (Å²) in [5.74, 6) is 0.550. The van der Waals surface area contributed by atoms with Crippen molar-refractivity contribution in [3.8, 4) is 11.1 Å². The molecular weight excluding hydrogens is 727 g/mol. The third-order valence-corrected chi connectivity index (χ3v) is 10.6. The van der Waals surface area contributed by atoms with E-state index in [1.165, 1.54) is 112 Å². The zero-order valence-electron chi connectivity index (χ0n) is 32.0. The molecule has 268 valence electrons. The van der Waals surface area contributed by atoms with Crippen LogP contribution in [-0.2, 0) is 41.5 Å². The molecule has 0 aromatic heterocycles. The molecule has 0 nitrogen and oxygen atoms in total. The van der Waals surface area contributed by atoms with Crippen LogP contribution in [0.4, 0.5) is 0 Å². The molecule has 8 rings (SSSR count). The largest absolute Gasteiger partial charge is 0.184 e. The maximum absolute atomic E-state index is 3.65. The van der Waals surface area contributed by atoms with E-state index in [2.05, 4.69) is 127 Å². The number of fused-ring (bicyclic) bond motifs is 5. The fourth-order valence-electron chi connectivity index (χ4n) is 8.20. The third-order valence-electron chi connectivity index (χ3n) is 10.6. The van der Waals surface area contributed by atoms with Crippen LogP contribution in [0.25, 0.3) is 22.3 Å². The molecule has 1 atom stereocenters. The van der Waals surface area contributed by atoms with Gasteiger partial charge in [-0.3, -0.25) is 12.2 Å². The summed E-state index contributed by atoms with van der Waals surface area (Å²) in [6, 6.07) is 22.3. The molecule has 5 aliphatic carbocycles. The fraction of sp³-hybridized carbons (Fsp3) is 0.404. The molecule has 0 aliphatic heterocycles. The zero-order valence-corrected chi connectivity index (χ0v) is 36.1. The van der Waals surface area contributed by atoms with Gasteiger partial charge in [-0.2, -0.15) is 60.5 Å². The summed E-state index contributed by atoms with van der Waals surface area (Å²) >= 11 is 1.30. The van der Waals surface area contributed by atoms with Gasteiger partial charge < -0.3 is 6.92 Å². The van der Waals surface area contributed by atoms with Crippen molar-refractivity contribution in [1.29, 1.82) is 0 Å². The van der Waals surface area contributed by atoms with Crippen LogP contribution in [0.3, 0.4) is 0 Å². The first-order valence-corrected chi connectivity index (χ1v) is 19.6. The number of rotatable bonds is 1. The van der Waals surface area contributed by atoms with Gasteiger partial charge in [0.15, 0.2) is 0 Å². The maximum Gasteiger partial charge on any atom is -0.171 e. The van der Waals surface area contributed by atoms with Gasteiger partial charge in [0.25, 0.3) is 0 Å². The summed E-state index contributed by atoms with van der Waals surface area (Å²) in [5.41, 5.74) is 16.6. The van der Waals surface area contributed by atoms with E-state index >= 15 is 0 Å². The van der Waals surface area contributed by atoms with E-state index in [4.69, 9.17) is 0 Å². The molecule has 0 N–H and O–H groups in total. The molecule has 1 saturated carbocycles. The molecule has 5 aliphatic rings. The van der Waals surface area contributed by atoms with Crippen LogP contribution in [0.2, 0.25) is 0 Å². The Labute approximate surface area is 333 Å². The molecule has 0 bridgehead atoms. The minimum absolute atomic E-state index is 0. The predicted octanol–water partition coefficient (Wildman–Crippen LogP) is 13.5. The Hall–Kier alpha value is -2.05. The van der Waals surface area contributed by atoms with Crippen molar-refractivity contribution in [2.75, 3.05) is 0 Å². The number of hydrogen-bond donors (Lipinski definition) is 0. The van der Waals surface area contributed by atoms with Gasteiger partial charge in [0.1, 0.15) is 0 Å². The Morgan fingerprint density at radius 2 is 1.32 bits per heavy atom. The number of hydrogen-bond acceptors (Lipinski definition) is 0. The van der Waals surface area contributed by atoms with E-state index in [1.807, 2.05) is 30.3 Å².